The Labute approximate surface area is 126 Å². The molecule has 2 rings (SSSR count). The number of anilines is 2. The Hall–Kier alpha value is -2.01. The van der Waals surface area contributed by atoms with E-state index in [1.807, 2.05) is 12.1 Å². The highest BCUT2D eigenvalue weighted by atomic mass is 32.2. The molecule has 0 aromatic heterocycles. The topological polar surface area (TPSA) is 72.2 Å². The molecule has 0 unspecified atom stereocenters. The zero-order valence-corrected chi connectivity index (χ0v) is 12.9. The van der Waals surface area contributed by atoms with E-state index in [1.54, 1.807) is 36.4 Å². The minimum Gasteiger partial charge on any atom is -0.398 e. The van der Waals surface area contributed by atoms with E-state index in [0.717, 1.165) is 12.8 Å². The predicted octanol–water partition coefficient (Wildman–Crippen LogP) is 3.16. The first kappa shape index (κ1) is 15.4. The maximum atomic E-state index is 12.2. The van der Waals surface area contributed by atoms with Gasteiger partial charge in [-0.15, -0.1) is 0 Å². The molecular weight excluding hydrogens is 284 g/mol. The number of nitrogen functional groups attached to an aromatic ring is 1. The second-order valence-electron chi connectivity index (χ2n) is 5.01. The summed E-state index contributed by atoms with van der Waals surface area (Å²) < 4.78 is 26.9. The quantitative estimate of drug-likeness (QED) is 0.805. The van der Waals surface area contributed by atoms with Gasteiger partial charge in [-0.2, -0.15) is 0 Å². The summed E-state index contributed by atoms with van der Waals surface area (Å²) in [5.74, 6) is -0.129. The lowest BCUT2D eigenvalue weighted by Crippen LogP contribution is -2.15. The Morgan fingerprint density at radius 3 is 2.33 bits per heavy atom. The summed E-state index contributed by atoms with van der Waals surface area (Å²) in [5.41, 5.74) is 8.65. The van der Waals surface area contributed by atoms with Crippen molar-refractivity contribution in [3.63, 3.8) is 0 Å². The Bertz CT molecular complexity index is 694. The van der Waals surface area contributed by atoms with Crippen molar-refractivity contribution in [1.29, 1.82) is 0 Å². The lowest BCUT2D eigenvalue weighted by Gasteiger charge is -2.10. The normalized spacial score (nSPS) is 11.3. The molecule has 0 saturated carbocycles. The first-order chi connectivity index (χ1) is 10.00. The number of sulfonamides is 1. The van der Waals surface area contributed by atoms with Crippen LogP contribution in [0.2, 0.25) is 0 Å². The summed E-state index contributed by atoms with van der Waals surface area (Å²) in [4.78, 5) is 0. The third kappa shape index (κ3) is 4.49. The van der Waals surface area contributed by atoms with Crippen LogP contribution in [-0.4, -0.2) is 8.42 Å². The van der Waals surface area contributed by atoms with Crippen LogP contribution in [0.1, 0.15) is 24.5 Å². The molecule has 0 bridgehead atoms. The molecule has 2 aromatic carbocycles. The van der Waals surface area contributed by atoms with E-state index in [2.05, 4.69) is 11.6 Å². The van der Waals surface area contributed by atoms with E-state index in [1.165, 1.54) is 5.56 Å². The molecule has 3 N–H and O–H groups in total. The largest absolute Gasteiger partial charge is 0.398 e. The van der Waals surface area contributed by atoms with E-state index in [9.17, 15) is 8.42 Å². The number of nitrogens with one attached hydrogen (secondary N) is 1. The van der Waals surface area contributed by atoms with Crippen LogP contribution < -0.4 is 10.5 Å². The number of benzene rings is 2. The zero-order valence-electron chi connectivity index (χ0n) is 12.0. The van der Waals surface area contributed by atoms with Crippen LogP contribution in [0, 0.1) is 0 Å². The fraction of sp³-hybridized carbons (Fsp3) is 0.250. The molecule has 0 amide bonds. The monoisotopic (exact) mass is 304 g/mol. The molecule has 5 heteroatoms. The lowest BCUT2D eigenvalue weighted by atomic mass is 10.1. The van der Waals surface area contributed by atoms with E-state index >= 15 is 0 Å². The van der Waals surface area contributed by atoms with E-state index in [4.69, 9.17) is 5.73 Å². The number of aryl methyl sites for hydroxylation is 1. The summed E-state index contributed by atoms with van der Waals surface area (Å²) >= 11 is 0. The molecule has 0 aliphatic heterocycles. The molecule has 0 atom stereocenters. The van der Waals surface area contributed by atoms with Crippen LogP contribution in [0.3, 0.4) is 0 Å². The molecule has 0 aliphatic rings. The predicted molar refractivity (Wildman–Crippen MR) is 87.5 cm³/mol. The molecular formula is C16H20N2O2S. The van der Waals surface area contributed by atoms with E-state index in [-0.39, 0.29) is 5.75 Å². The molecule has 0 heterocycles. The van der Waals surface area contributed by atoms with Crippen LogP contribution in [-0.2, 0) is 22.2 Å². The first-order valence-corrected chi connectivity index (χ1v) is 8.58. The van der Waals surface area contributed by atoms with Gasteiger partial charge in [-0.3, -0.25) is 4.72 Å². The number of hydrogen-bond donors (Lipinski definition) is 2. The lowest BCUT2D eigenvalue weighted by molar-refractivity contribution is 0.600. The van der Waals surface area contributed by atoms with Crippen molar-refractivity contribution in [3.05, 3.63) is 59.7 Å². The fourth-order valence-corrected chi connectivity index (χ4v) is 3.35. The Morgan fingerprint density at radius 1 is 1.05 bits per heavy atom. The summed E-state index contributed by atoms with van der Waals surface area (Å²) in [7, 11) is -3.47. The fourth-order valence-electron chi connectivity index (χ4n) is 2.11. The van der Waals surface area contributed by atoms with Gasteiger partial charge >= 0.3 is 0 Å². The molecule has 0 aliphatic carbocycles. The average Bonchev–Trinajstić information content (AvgIpc) is 2.43. The third-order valence-electron chi connectivity index (χ3n) is 3.17. The second kappa shape index (κ2) is 6.63. The number of rotatable bonds is 6. The molecule has 21 heavy (non-hydrogen) atoms. The molecule has 0 radical (unpaired) electrons. The van der Waals surface area contributed by atoms with Gasteiger partial charge in [0.05, 0.1) is 5.75 Å². The van der Waals surface area contributed by atoms with Gasteiger partial charge < -0.3 is 5.73 Å². The van der Waals surface area contributed by atoms with Crippen molar-refractivity contribution in [3.8, 4) is 0 Å². The summed E-state index contributed by atoms with van der Waals surface area (Å²) in [5, 5.41) is 0. The van der Waals surface area contributed by atoms with Crippen molar-refractivity contribution in [2.45, 2.75) is 25.5 Å². The number of para-hydroxylation sites is 1. The standard InChI is InChI=1S/C16H20N2O2S/c1-2-5-13-8-10-15(11-9-13)18-21(19,20)12-14-6-3-4-7-16(14)17/h3-4,6-11,18H,2,5,12,17H2,1H3. The first-order valence-electron chi connectivity index (χ1n) is 6.93. The van der Waals surface area contributed by atoms with Gasteiger partial charge in [0.25, 0.3) is 0 Å². The molecule has 0 saturated heterocycles. The molecule has 4 nitrogen and oxygen atoms in total. The van der Waals surface area contributed by atoms with Gasteiger partial charge in [0.15, 0.2) is 0 Å². The minimum absolute atomic E-state index is 0.129. The third-order valence-corrected chi connectivity index (χ3v) is 4.40. The van der Waals surface area contributed by atoms with Crippen LogP contribution >= 0.6 is 0 Å². The van der Waals surface area contributed by atoms with Crippen LogP contribution in [0.15, 0.2) is 48.5 Å². The van der Waals surface area contributed by atoms with E-state index in [0.29, 0.717) is 16.9 Å². The van der Waals surface area contributed by atoms with Crippen LogP contribution in [0.4, 0.5) is 11.4 Å². The van der Waals surface area contributed by atoms with Gasteiger partial charge in [0, 0.05) is 11.4 Å². The Morgan fingerprint density at radius 2 is 1.71 bits per heavy atom. The molecule has 0 fully saturated rings. The molecule has 0 spiro atoms. The van der Waals surface area contributed by atoms with Crippen molar-refractivity contribution >= 4 is 21.4 Å². The van der Waals surface area contributed by atoms with Crippen LogP contribution in [0.25, 0.3) is 0 Å². The molecule has 112 valence electrons. The Balaban J connectivity index is 2.09. The Kier molecular flexibility index (Phi) is 4.85. The smallest absolute Gasteiger partial charge is 0.236 e. The van der Waals surface area contributed by atoms with Crippen molar-refractivity contribution in [2.24, 2.45) is 0 Å². The van der Waals surface area contributed by atoms with Crippen molar-refractivity contribution < 1.29 is 8.42 Å². The van der Waals surface area contributed by atoms with Crippen molar-refractivity contribution in [1.82, 2.24) is 0 Å². The average molecular weight is 304 g/mol. The molecule has 2 aromatic rings. The summed E-state index contributed by atoms with van der Waals surface area (Å²) in [6.07, 6.45) is 2.06. The highest BCUT2D eigenvalue weighted by Crippen LogP contribution is 2.17. The van der Waals surface area contributed by atoms with Crippen LogP contribution in [0.5, 0.6) is 0 Å². The zero-order chi connectivity index (χ0) is 15.3. The second-order valence-corrected chi connectivity index (χ2v) is 6.73. The number of nitrogens with two attached hydrogens (primary N) is 1. The highest BCUT2D eigenvalue weighted by molar-refractivity contribution is 7.91. The van der Waals surface area contributed by atoms with Gasteiger partial charge in [0.2, 0.25) is 10.0 Å². The summed E-state index contributed by atoms with van der Waals surface area (Å²) in [6.45, 7) is 2.11. The van der Waals surface area contributed by atoms with Gasteiger partial charge in [-0.05, 0) is 35.7 Å². The number of hydrogen-bond acceptors (Lipinski definition) is 3. The van der Waals surface area contributed by atoms with Gasteiger partial charge in [0.1, 0.15) is 0 Å². The highest BCUT2D eigenvalue weighted by Gasteiger charge is 2.13. The maximum Gasteiger partial charge on any atom is 0.236 e. The van der Waals surface area contributed by atoms with Crippen molar-refractivity contribution in [2.75, 3.05) is 10.5 Å². The minimum atomic E-state index is -3.47. The maximum absolute atomic E-state index is 12.2. The van der Waals surface area contributed by atoms with Gasteiger partial charge in [-0.25, -0.2) is 8.42 Å². The summed E-state index contributed by atoms with van der Waals surface area (Å²) in [6, 6.07) is 14.4. The van der Waals surface area contributed by atoms with Gasteiger partial charge in [-0.1, -0.05) is 43.7 Å². The SMILES string of the molecule is CCCc1ccc(NS(=O)(=O)Cc2ccccc2N)cc1. The van der Waals surface area contributed by atoms with E-state index < -0.39 is 10.0 Å².